The fourth-order valence-electron chi connectivity index (χ4n) is 12.2. The van der Waals surface area contributed by atoms with Gasteiger partial charge in [0.1, 0.15) is 0 Å². The van der Waals surface area contributed by atoms with Crippen molar-refractivity contribution in [2.45, 2.75) is 0 Å². The molecule has 0 bridgehead atoms. The lowest BCUT2D eigenvalue weighted by Crippen LogP contribution is -2.02. The molecule has 81 heavy (non-hydrogen) atoms. The van der Waals surface area contributed by atoms with Gasteiger partial charge in [-0.2, -0.15) is 0 Å². The molecule has 0 atom stereocenters. The van der Waals surface area contributed by atoms with Gasteiger partial charge in [0.05, 0.1) is 61.6 Å². The van der Waals surface area contributed by atoms with Crippen LogP contribution in [0, 0.1) is 0 Å². The van der Waals surface area contributed by atoms with E-state index >= 15 is 0 Å². The molecule has 16 aromatic rings. The molecule has 0 fully saturated rings. The van der Waals surface area contributed by atoms with E-state index < -0.39 is 0 Å². The molecular weight excluding hydrogens is 987 g/mol. The second kappa shape index (κ2) is 18.9. The van der Waals surface area contributed by atoms with Gasteiger partial charge in [-0.25, -0.2) is 19.9 Å². The van der Waals surface area contributed by atoms with E-state index in [1.54, 1.807) is 0 Å². The Morgan fingerprint density at radius 1 is 0.210 bits per heavy atom. The maximum absolute atomic E-state index is 5.54. The van der Waals surface area contributed by atoms with Crippen LogP contribution < -0.4 is 0 Å². The number of para-hydroxylation sites is 4. The molecule has 5 aromatic heterocycles. The van der Waals surface area contributed by atoms with E-state index in [1.165, 1.54) is 21.5 Å². The first-order chi connectivity index (χ1) is 40.2. The van der Waals surface area contributed by atoms with E-state index in [9.17, 15) is 0 Å². The molecule has 5 heterocycles. The van der Waals surface area contributed by atoms with Crippen molar-refractivity contribution in [2.75, 3.05) is 0 Å². The van der Waals surface area contributed by atoms with Crippen LogP contribution >= 0.6 is 0 Å². The predicted molar refractivity (Wildman–Crippen MR) is 333 cm³/mol. The van der Waals surface area contributed by atoms with Gasteiger partial charge in [-0.15, -0.1) is 0 Å². The lowest BCUT2D eigenvalue weighted by molar-refractivity contribution is 1.14. The SMILES string of the molecule is c1ccc(-c2cc(-c3ccc(-n4c5ccc(-n6c7ccccc7c7ccccc76)cc5c5cc(-n6c7ccccc7c7ccccc76)ccc54)c(-c4cc(-c5ccccc5)nc(-c5ccccc5)n4)c3)nc(-c3ccccc3)n2)cc1. The summed E-state index contributed by atoms with van der Waals surface area (Å²) in [6.45, 7) is 0. The van der Waals surface area contributed by atoms with Crippen LogP contribution in [0.2, 0.25) is 0 Å². The van der Waals surface area contributed by atoms with Crippen LogP contribution in [-0.4, -0.2) is 33.6 Å². The molecule has 378 valence electrons. The number of aromatic nitrogens is 7. The van der Waals surface area contributed by atoms with Crippen molar-refractivity contribution < 1.29 is 0 Å². The van der Waals surface area contributed by atoms with Gasteiger partial charge in [-0.3, -0.25) is 0 Å². The quantitative estimate of drug-likeness (QED) is 0.144. The van der Waals surface area contributed by atoms with Crippen molar-refractivity contribution in [1.29, 1.82) is 0 Å². The minimum Gasteiger partial charge on any atom is -0.309 e. The van der Waals surface area contributed by atoms with Crippen molar-refractivity contribution in [2.24, 2.45) is 0 Å². The molecule has 0 saturated heterocycles. The highest BCUT2D eigenvalue weighted by atomic mass is 15.0. The Labute approximate surface area is 466 Å². The van der Waals surface area contributed by atoms with Gasteiger partial charge in [0, 0.05) is 77.1 Å². The zero-order valence-electron chi connectivity index (χ0n) is 43.8. The molecule has 0 unspecified atom stereocenters. The number of benzene rings is 11. The molecule has 0 radical (unpaired) electrons. The Morgan fingerprint density at radius 3 is 0.963 bits per heavy atom. The van der Waals surface area contributed by atoms with E-state index in [1.807, 2.05) is 48.5 Å². The third kappa shape index (κ3) is 7.74. The Hall–Kier alpha value is -11.0. The fraction of sp³-hybridized carbons (Fsp3) is 0. The van der Waals surface area contributed by atoms with Gasteiger partial charge in [-0.05, 0) is 84.9 Å². The molecule has 0 amide bonds. The average molecular weight is 1030 g/mol. The minimum absolute atomic E-state index is 0.636. The van der Waals surface area contributed by atoms with Gasteiger partial charge in [0.25, 0.3) is 0 Å². The Morgan fingerprint density at radius 2 is 0.543 bits per heavy atom. The van der Waals surface area contributed by atoms with Crippen LogP contribution in [0.3, 0.4) is 0 Å². The molecule has 0 aliphatic carbocycles. The Bertz CT molecular complexity index is 4700. The standard InChI is InChI=1S/C74H47N7/c1-5-21-48(22-6-1)62-46-64(77-73(75-62)50-25-9-3-10-26-50)52-37-40-72(61(43-52)65-47-63(49-23-7-2-8-24-49)76-74(78-65)51-27-11-4-12-28-51)81-70-41-38-53(79-66-33-17-13-29-55(66)56-30-14-18-34-67(56)79)44-59(70)60-45-54(39-42-71(60)81)80-68-35-19-15-31-57(68)58-32-16-20-36-69(58)80/h1-47H. The summed E-state index contributed by atoms with van der Waals surface area (Å²) in [5.41, 5.74) is 18.8. The van der Waals surface area contributed by atoms with Crippen LogP contribution in [0.25, 0.3) is 150 Å². The molecular formula is C74H47N7. The van der Waals surface area contributed by atoms with E-state index in [0.29, 0.717) is 11.6 Å². The van der Waals surface area contributed by atoms with E-state index in [0.717, 1.165) is 117 Å². The van der Waals surface area contributed by atoms with Crippen molar-refractivity contribution in [1.82, 2.24) is 33.6 Å². The normalized spacial score (nSPS) is 11.7. The van der Waals surface area contributed by atoms with E-state index in [2.05, 4.69) is 250 Å². The Kier molecular flexibility index (Phi) is 10.7. The van der Waals surface area contributed by atoms with Crippen LogP contribution in [0.4, 0.5) is 0 Å². The van der Waals surface area contributed by atoms with Crippen LogP contribution in [0.1, 0.15) is 0 Å². The second-order valence-electron chi connectivity index (χ2n) is 20.6. The lowest BCUT2D eigenvalue weighted by atomic mass is 9.99. The minimum atomic E-state index is 0.636. The summed E-state index contributed by atoms with van der Waals surface area (Å²) in [5, 5.41) is 7.13. The van der Waals surface area contributed by atoms with Crippen molar-refractivity contribution in [3.05, 3.63) is 285 Å². The average Bonchev–Trinajstić information content (AvgIpc) is 4.02. The van der Waals surface area contributed by atoms with E-state index in [4.69, 9.17) is 19.9 Å². The second-order valence-corrected chi connectivity index (χ2v) is 20.6. The zero-order chi connectivity index (χ0) is 53.4. The first-order valence-electron chi connectivity index (χ1n) is 27.4. The molecule has 0 aliphatic heterocycles. The third-order valence-electron chi connectivity index (χ3n) is 15.9. The number of nitrogens with zero attached hydrogens (tertiary/aromatic N) is 7. The van der Waals surface area contributed by atoms with Crippen molar-refractivity contribution in [3.8, 4) is 84.9 Å². The fourth-order valence-corrected chi connectivity index (χ4v) is 12.2. The number of hydrogen-bond donors (Lipinski definition) is 0. The summed E-state index contributed by atoms with van der Waals surface area (Å²) >= 11 is 0. The van der Waals surface area contributed by atoms with Crippen molar-refractivity contribution >= 4 is 65.4 Å². The van der Waals surface area contributed by atoms with Crippen LogP contribution in [-0.2, 0) is 0 Å². The summed E-state index contributed by atoms with van der Waals surface area (Å²) in [4.78, 5) is 21.3. The molecule has 7 nitrogen and oxygen atoms in total. The summed E-state index contributed by atoms with van der Waals surface area (Å²) in [6.07, 6.45) is 0. The van der Waals surface area contributed by atoms with Crippen LogP contribution in [0.15, 0.2) is 285 Å². The monoisotopic (exact) mass is 1030 g/mol. The molecule has 16 rings (SSSR count). The van der Waals surface area contributed by atoms with E-state index in [-0.39, 0.29) is 0 Å². The molecule has 0 aliphatic rings. The number of hydrogen-bond acceptors (Lipinski definition) is 4. The van der Waals surface area contributed by atoms with Gasteiger partial charge >= 0.3 is 0 Å². The maximum atomic E-state index is 5.54. The summed E-state index contributed by atoms with van der Waals surface area (Å²) in [5.74, 6) is 1.29. The van der Waals surface area contributed by atoms with Crippen molar-refractivity contribution in [3.63, 3.8) is 0 Å². The van der Waals surface area contributed by atoms with Gasteiger partial charge in [-0.1, -0.05) is 200 Å². The molecule has 0 saturated carbocycles. The Balaban J connectivity index is 0.998. The zero-order valence-corrected chi connectivity index (χ0v) is 43.8. The molecule has 7 heteroatoms. The van der Waals surface area contributed by atoms with Gasteiger partial charge in [0.15, 0.2) is 11.6 Å². The topological polar surface area (TPSA) is 66.3 Å². The highest BCUT2D eigenvalue weighted by molar-refractivity contribution is 6.14. The first kappa shape index (κ1) is 46.1. The largest absolute Gasteiger partial charge is 0.309 e. The van der Waals surface area contributed by atoms with Gasteiger partial charge < -0.3 is 13.7 Å². The summed E-state index contributed by atoms with van der Waals surface area (Å²) in [7, 11) is 0. The number of rotatable bonds is 9. The molecule has 11 aromatic carbocycles. The first-order valence-corrected chi connectivity index (χ1v) is 27.4. The highest BCUT2D eigenvalue weighted by Gasteiger charge is 2.23. The summed E-state index contributed by atoms with van der Waals surface area (Å²) in [6, 6.07) is 101. The molecule has 0 N–H and O–H groups in total. The number of fused-ring (bicyclic) bond motifs is 9. The lowest BCUT2D eigenvalue weighted by Gasteiger charge is -2.18. The predicted octanol–water partition coefficient (Wildman–Crippen LogP) is 18.6. The smallest absolute Gasteiger partial charge is 0.160 e. The maximum Gasteiger partial charge on any atom is 0.160 e. The highest BCUT2D eigenvalue weighted by Crippen LogP contribution is 2.43. The molecule has 0 spiro atoms. The van der Waals surface area contributed by atoms with Crippen LogP contribution in [0.5, 0.6) is 0 Å². The third-order valence-corrected chi connectivity index (χ3v) is 15.9. The summed E-state index contributed by atoms with van der Waals surface area (Å²) < 4.78 is 7.26. The van der Waals surface area contributed by atoms with Gasteiger partial charge in [0.2, 0.25) is 0 Å².